The van der Waals surface area contributed by atoms with Gasteiger partial charge in [0.1, 0.15) is 0 Å². The van der Waals surface area contributed by atoms with E-state index in [9.17, 15) is 4.79 Å². The molecule has 1 N–H and O–H groups in total. The fourth-order valence-electron chi connectivity index (χ4n) is 2.04. The molecule has 0 aliphatic rings. The summed E-state index contributed by atoms with van der Waals surface area (Å²) in [5.74, 6) is -0.147. The Morgan fingerprint density at radius 1 is 0.952 bits per heavy atom. The van der Waals surface area contributed by atoms with Crippen molar-refractivity contribution in [1.82, 2.24) is 10.2 Å². The summed E-state index contributed by atoms with van der Waals surface area (Å²) in [5, 5.41) is 3.16. The van der Waals surface area contributed by atoms with E-state index in [4.69, 9.17) is 12.2 Å². The standard InChI is InChI=1S/C17H18N2OS/c1-14(20)18-17(21)19(12-15-8-4-2-5-9-15)13-16-10-6-3-7-11-16/h2-11H,12-13H2,1H3,(H,18,20,21). The van der Waals surface area contributed by atoms with Gasteiger partial charge in [-0.25, -0.2) is 0 Å². The maximum Gasteiger partial charge on any atom is 0.222 e. The highest BCUT2D eigenvalue weighted by Crippen LogP contribution is 2.10. The van der Waals surface area contributed by atoms with Gasteiger partial charge in [-0.05, 0) is 23.3 Å². The molecule has 0 saturated heterocycles. The van der Waals surface area contributed by atoms with Crippen molar-refractivity contribution in [2.24, 2.45) is 0 Å². The zero-order valence-corrected chi connectivity index (χ0v) is 12.8. The van der Waals surface area contributed by atoms with E-state index in [1.807, 2.05) is 65.6 Å². The van der Waals surface area contributed by atoms with Gasteiger partial charge in [0.15, 0.2) is 5.11 Å². The van der Waals surface area contributed by atoms with E-state index in [1.54, 1.807) is 0 Å². The first-order chi connectivity index (χ1) is 10.1. The van der Waals surface area contributed by atoms with Crippen LogP contribution in [0.25, 0.3) is 0 Å². The summed E-state index contributed by atoms with van der Waals surface area (Å²) in [6, 6.07) is 20.2. The van der Waals surface area contributed by atoms with E-state index < -0.39 is 0 Å². The lowest BCUT2D eigenvalue weighted by atomic mass is 10.2. The number of rotatable bonds is 4. The molecule has 0 atom stereocenters. The Balaban J connectivity index is 2.13. The normalized spacial score (nSPS) is 9.95. The summed E-state index contributed by atoms with van der Waals surface area (Å²) in [7, 11) is 0. The molecule has 0 unspecified atom stereocenters. The van der Waals surface area contributed by atoms with Crippen LogP contribution >= 0.6 is 12.2 Å². The second kappa shape index (κ2) is 7.55. The smallest absolute Gasteiger partial charge is 0.222 e. The maximum atomic E-state index is 11.2. The summed E-state index contributed by atoms with van der Waals surface area (Å²) in [5.41, 5.74) is 2.31. The number of nitrogens with one attached hydrogen (secondary N) is 1. The monoisotopic (exact) mass is 298 g/mol. The molecule has 21 heavy (non-hydrogen) atoms. The number of nitrogens with zero attached hydrogens (tertiary/aromatic N) is 1. The molecular weight excluding hydrogens is 280 g/mol. The van der Waals surface area contributed by atoms with Crippen molar-refractivity contribution < 1.29 is 4.79 Å². The molecule has 4 heteroatoms. The molecule has 0 heterocycles. The molecule has 2 aromatic rings. The first-order valence-corrected chi connectivity index (χ1v) is 7.20. The molecule has 108 valence electrons. The van der Waals surface area contributed by atoms with Crippen LogP contribution in [0.15, 0.2) is 60.7 Å². The highest BCUT2D eigenvalue weighted by atomic mass is 32.1. The van der Waals surface area contributed by atoms with Gasteiger partial charge in [-0.2, -0.15) is 0 Å². The van der Waals surface area contributed by atoms with E-state index in [-0.39, 0.29) is 5.91 Å². The van der Waals surface area contributed by atoms with Gasteiger partial charge in [0.2, 0.25) is 5.91 Å². The van der Waals surface area contributed by atoms with Crippen molar-refractivity contribution >= 4 is 23.2 Å². The van der Waals surface area contributed by atoms with Crippen molar-refractivity contribution in [3.63, 3.8) is 0 Å². The molecule has 0 aliphatic carbocycles. The minimum absolute atomic E-state index is 0.147. The third-order valence-electron chi connectivity index (χ3n) is 3.00. The Hall–Kier alpha value is -2.20. The largest absolute Gasteiger partial charge is 0.340 e. The van der Waals surface area contributed by atoms with Crippen LogP contribution < -0.4 is 5.32 Å². The number of carbonyl (C=O) groups excluding carboxylic acids is 1. The van der Waals surface area contributed by atoms with Crippen molar-refractivity contribution in [2.45, 2.75) is 20.0 Å². The molecule has 0 aliphatic heterocycles. The number of benzene rings is 2. The topological polar surface area (TPSA) is 32.3 Å². The van der Waals surface area contributed by atoms with Gasteiger partial charge in [-0.3, -0.25) is 4.79 Å². The SMILES string of the molecule is CC(=O)NC(=S)N(Cc1ccccc1)Cc1ccccc1. The molecule has 0 bridgehead atoms. The Morgan fingerprint density at radius 3 is 1.76 bits per heavy atom. The van der Waals surface area contributed by atoms with Gasteiger partial charge in [0, 0.05) is 20.0 Å². The van der Waals surface area contributed by atoms with Crippen LogP contribution in [-0.4, -0.2) is 15.9 Å². The van der Waals surface area contributed by atoms with Crippen molar-refractivity contribution in [1.29, 1.82) is 0 Å². The number of hydrogen-bond donors (Lipinski definition) is 1. The number of carbonyl (C=O) groups is 1. The highest BCUT2D eigenvalue weighted by molar-refractivity contribution is 7.80. The van der Waals surface area contributed by atoms with E-state index in [1.165, 1.54) is 6.92 Å². The lowest BCUT2D eigenvalue weighted by Crippen LogP contribution is -2.41. The molecule has 0 fully saturated rings. The lowest BCUT2D eigenvalue weighted by molar-refractivity contribution is -0.117. The van der Waals surface area contributed by atoms with E-state index in [2.05, 4.69) is 5.32 Å². The zero-order valence-electron chi connectivity index (χ0n) is 12.0. The first kappa shape index (κ1) is 15.2. The van der Waals surface area contributed by atoms with Crippen molar-refractivity contribution in [2.75, 3.05) is 0 Å². The van der Waals surface area contributed by atoms with E-state index in [0.717, 1.165) is 11.1 Å². The number of thiocarbonyl (C=S) groups is 1. The van der Waals surface area contributed by atoms with Gasteiger partial charge in [0.05, 0.1) is 0 Å². The Labute approximate surface area is 130 Å². The Bertz CT molecular complexity index is 557. The number of amides is 1. The van der Waals surface area contributed by atoms with E-state index >= 15 is 0 Å². The van der Waals surface area contributed by atoms with Gasteiger partial charge in [-0.15, -0.1) is 0 Å². The molecule has 0 radical (unpaired) electrons. The van der Waals surface area contributed by atoms with Crippen molar-refractivity contribution in [3.8, 4) is 0 Å². The van der Waals surface area contributed by atoms with Crippen LogP contribution in [0.2, 0.25) is 0 Å². The van der Waals surface area contributed by atoms with Crippen LogP contribution in [-0.2, 0) is 17.9 Å². The molecule has 1 amide bonds. The average molecular weight is 298 g/mol. The fourth-order valence-corrected chi connectivity index (χ4v) is 2.31. The molecule has 2 rings (SSSR count). The molecule has 0 saturated carbocycles. The molecule has 0 spiro atoms. The van der Waals surface area contributed by atoms with Crippen LogP contribution in [0.3, 0.4) is 0 Å². The van der Waals surface area contributed by atoms with Gasteiger partial charge in [-0.1, -0.05) is 60.7 Å². The average Bonchev–Trinajstić information content (AvgIpc) is 2.48. The van der Waals surface area contributed by atoms with E-state index in [0.29, 0.717) is 18.2 Å². The Kier molecular flexibility index (Phi) is 5.46. The van der Waals surface area contributed by atoms with Gasteiger partial charge >= 0.3 is 0 Å². The fraction of sp³-hybridized carbons (Fsp3) is 0.176. The summed E-state index contributed by atoms with van der Waals surface area (Å²) in [6.07, 6.45) is 0. The minimum Gasteiger partial charge on any atom is -0.340 e. The van der Waals surface area contributed by atoms with Crippen molar-refractivity contribution in [3.05, 3.63) is 71.8 Å². The predicted octanol–water partition coefficient (Wildman–Crippen LogP) is 3.11. The summed E-state index contributed by atoms with van der Waals surface area (Å²) >= 11 is 5.34. The molecular formula is C17H18N2OS. The number of hydrogen-bond acceptors (Lipinski definition) is 2. The quantitative estimate of drug-likeness (QED) is 0.880. The highest BCUT2D eigenvalue weighted by Gasteiger charge is 2.12. The predicted molar refractivity (Wildman–Crippen MR) is 88.5 cm³/mol. The third kappa shape index (κ3) is 5.00. The van der Waals surface area contributed by atoms with Gasteiger partial charge in [0.25, 0.3) is 0 Å². The Morgan fingerprint density at radius 2 is 1.38 bits per heavy atom. The minimum atomic E-state index is -0.147. The molecule has 2 aromatic carbocycles. The summed E-state index contributed by atoms with van der Waals surface area (Å²) in [6.45, 7) is 2.79. The molecule has 3 nitrogen and oxygen atoms in total. The summed E-state index contributed by atoms with van der Waals surface area (Å²) < 4.78 is 0. The van der Waals surface area contributed by atoms with Gasteiger partial charge < -0.3 is 10.2 Å². The maximum absolute atomic E-state index is 11.2. The second-order valence-corrected chi connectivity index (χ2v) is 5.20. The molecule has 0 aromatic heterocycles. The van der Waals surface area contributed by atoms with Crippen LogP contribution in [0.4, 0.5) is 0 Å². The lowest BCUT2D eigenvalue weighted by Gasteiger charge is -2.25. The second-order valence-electron chi connectivity index (χ2n) is 4.81. The zero-order chi connectivity index (χ0) is 15.1. The first-order valence-electron chi connectivity index (χ1n) is 6.79. The summed E-state index contributed by atoms with van der Waals surface area (Å²) in [4.78, 5) is 13.2. The van der Waals surface area contributed by atoms with Crippen LogP contribution in [0.5, 0.6) is 0 Å². The van der Waals surface area contributed by atoms with Crippen LogP contribution in [0, 0.1) is 0 Å². The third-order valence-corrected chi connectivity index (χ3v) is 3.36. The van der Waals surface area contributed by atoms with Crippen LogP contribution in [0.1, 0.15) is 18.1 Å².